The first-order valence-corrected chi connectivity index (χ1v) is 12.3. The molecule has 2 aromatic rings. The number of nitrogens with one attached hydrogen (secondary N) is 2. The van der Waals surface area contributed by atoms with Crippen LogP contribution in [-0.2, 0) is 34.4 Å². The van der Waals surface area contributed by atoms with Crippen LogP contribution in [0.25, 0.3) is 0 Å². The van der Waals surface area contributed by atoms with Crippen LogP contribution in [0.15, 0.2) is 58.3 Å². The molecule has 0 spiro atoms. The normalized spacial score (nSPS) is 13.8. The summed E-state index contributed by atoms with van der Waals surface area (Å²) in [5.74, 6) is -2.04. The van der Waals surface area contributed by atoms with E-state index >= 15 is 0 Å². The summed E-state index contributed by atoms with van der Waals surface area (Å²) in [6, 6.07) is 8.44. The van der Waals surface area contributed by atoms with Crippen molar-refractivity contribution in [3.8, 4) is 0 Å². The number of hydrogen-bond acceptors (Lipinski definition) is 8. The Kier molecular flexibility index (Phi) is 8.34. The highest BCUT2D eigenvalue weighted by Crippen LogP contribution is 2.16. The van der Waals surface area contributed by atoms with E-state index in [2.05, 4.69) is 5.32 Å². The molecule has 0 fully saturated rings. The largest absolute Gasteiger partial charge is 0.454 e. The number of sulfonamides is 2. The molecule has 0 saturated carbocycles. The van der Waals surface area contributed by atoms with E-state index in [1.165, 1.54) is 42.5 Å². The van der Waals surface area contributed by atoms with E-state index in [9.17, 15) is 31.5 Å². The summed E-state index contributed by atoms with van der Waals surface area (Å²) in [6.45, 7) is 0.333. The Morgan fingerprint density at radius 2 is 1.72 bits per heavy atom. The number of benzene rings is 2. The molecule has 0 heterocycles. The maximum Gasteiger partial charge on any atom is 0.327 e. The Balaban J connectivity index is 2.02. The number of ether oxygens (including phenoxy) is 1. The van der Waals surface area contributed by atoms with Gasteiger partial charge in [-0.25, -0.2) is 22.0 Å². The third kappa shape index (κ3) is 7.25. The maximum absolute atomic E-state index is 12.4. The standard InChI is InChI=1S/C18H20ClN3O8S2/c1-11(23)17(22-32(28,29)14-7-5-12(19)6-8-14)18(25)30-10-16(24)21-13-3-2-4-15(9-13)31(20,26)27/h2-9,11,17,22-23H,10H2,1H3,(H,21,24)(H2,20,26,27)/t11-,17-/m0/s1. The fourth-order valence-corrected chi connectivity index (χ4v) is 4.31. The van der Waals surface area contributed by atoms with Gasteiger partial charge in [0, 0.05) is 10.7 Å². The first kappa shape index (κ1) is 25.7. The number of nitrogens with two attached hydrogens (primary N) is 1. The number of amides is 1. The van der Waals surface area contributed by atoms with Crippen LogP contribution in [0.1, 0.15) is 6.92 Å². The van der Waals surface area contributed by atoms with Crippen molar-refractivity contribution in [3.05, 3.63) is 53.6 Å². The van der Waals surface area contributed by atoms with E-state index in [4.69, 9.17) is 21.5 Å². The Labute approximate surface area is 189 Å². The Bertz CT molecular complexity index is 1200. The van der Waals surface area contributed by atoms with Gasteiger partial charge >= 0.3 is 5.97 Å². The van der Waals surface area contributed by atoms with Gasteiger partial charge < -0.3 is 15.2 Å². The van der Waals surface area contributed by atoms with Crippen LogP contribution < -0.4 is 15.2 Å². The van der Waals surface area contributed by atoms with E-state index in [0.29, 0.717) is 5.02 Å². The SMILES string of the molecule is C[C@H](O)[C@H](NS(=O)(=O)c1ccc(Cl)cc1)C(=O)OCC(=O)Nc1cccc(S(N)(=O)=O)c1. The van der Waals surface area contributed by atoms with Crippen molar-refractivity contribution in [3.63, 3.8) is 0 Å². The molecule has 0 unspecified atom stereocenters. The Morgan fingerprint density at radius 1 is 1.09 bits per heavy atom. The first-order valence-electron chi connectivity index (χ1n) is 8.85. The molecular formula is C18H20ClN3O8S2. The predicted molar refractivity (Wildman–Crippen MR) is 115 cm³/mol. The smallest absolute Gasteiger partial charge is 0.327 e. The highest BCUT2D eigenvalue weighted by molar-refractivity contribution is 7.89. The number of primary sulfonamides is 1. The van der Waals surface area contributed by atoms with Crippen molar-refractivity contribution < 1.29 is 36.3 Å². The predicted octanol–water partition coefficient (Wildman–Crippen LogP) is 0.197. The highest BCUT2D eigenvalue weighted by atomic mass is 35.5. The van der Waals surface area contributed by atoms with Gasteiger partial charge in [0.2, 0.25) is 20.0 Å². The zero-order chi connectivity index (χ0) is 24.1. The number of carbonyl (C=O) groups excluding carboxylic acids is 2. The van der Waals surface area contributed by atoms with Crippen molar-refractivity contribution in [2.24, 2.45) is 5.14 Å². The molecule has 0 bridgehead atoms. The Hall–Kier alpha value is -2.55. The topological polar surface area (TPSA) is 182 Å². The molecule has 0 aliphatic rings. The molecule has 14 heteroatoms. The second-order valence-electron chi connectivity index (χ2n) is 6.52. The van der Waals surface area contributed by atoms with Crippen LogP contribution in [0.5, 0.6) is 0 Å². The summed E-state index contributed by atoms with van der Waals surface area (Å²) in [7, 11) is -8.20. The molecule has 0 saturated heterocycles. The van der Waals surface area contributed by atoms with Crippen LogP contribution in [0.2, 0.25) is 5.02 Å². The summed E-state index contributed by atoms with van der Waals surface area (Å²) < 4.78 is 54.4. The third-order valence-corrected chi connectivity index (χ3v) is 6.55. The van der Waals surface area contributed by atoms with Crippen molar-refractivity contribution >= 4 is 49.2 Å². The molecule has 174 valence electrons. The van der Waals surface area contributed by atoms with Crippen molar-refractivity contribution in [2.45, 2.75) is 28.9 Å². The van der Waals surface area contributed by atoms with Crippen LogP contribution in [0, 0.1) is 0 Å². The molecule has 2 aromatic carbocycles. The molecule has 0 aliphatic heterocycles. The zero-order valence-corrected chi connectivity index (χ0v) is 18.9. The molecule has 0 aromatic heterocycles. The average Bonchev–Trinajstić information content (AvgIpc) is 2.70. The molecular weight excluding hydrogens is 486 g/mol. The molecule has 2 rings (SSSR count). The van der Waals surface area contributed by atoms with Crippen LogP contribution in [0.3, 0.4) is 0 Å². The number of aliphatic hydroxyl groups is 1. The van der Waals surface area contributed by atoms with E-state index in [-0.39, 0.29) is 15.5 Å². The van der Waals surface area contributed by atoms with Crippen molar-refractivity contribution in [1.29, 1.82) is 0 Å². The van der Waals surface area contributed by atoms with E-state index in [1.807, 2.05) is 4.72 Å². The molecule has 0 radical (unpaired) electrons. The van der Waals surface area contributed by atoms with E-state index in [0.717, 1.165) is 13.0 Å². The summed E-state index contributed by atoms with van der Waals surface area (Å²) >= 11 is 5.72. The Morgan fingerprint density at radius 3 is 2.28 bits per heavy atom. The molecule has 11 nitrogen and oxygen atoms in total. The van der Waals surface area contributed by atoms with Crippen LogP contribution in [-0.4, -0.2) is 52.6 Å². The number of anilines is 1. The molecule has 5 N–H and O–H groups in total. The minimum atomic E-state index is -4.21. The van der Waals surface area contributed by atoms with Gasteiger partial charge in [-0.1, -0.05) is 17.7 Å². The highest BCUT2D eigenvalue weighted by Gasteiger charge is 2.31. The van der Waals surface area contributed by atoms with Gasteiger partial charge in [-0.15, -0.1) is 0 Å². The first-order chi connectivity index (χ1) is 14.8. The fourth-order valence-electron chi connectivity index (χ4n) is 2.37. The van der Waals surface area contributed by atoms with Crippen LogP contribution >= 0.6 is 11.6 Å². The number of carbonyl (C=O) groups is 2. The lowest BCUT2D eigenvalue weighted by Gasteiger charge is -2.20. The van der Waals surface area contributed by atoms with E-state index < -0.39 is 50.7 Å². The fraction of sp³-hybridized carbons (Fsp3) is 0.222. The number of hydrogen-bond donors (Lipinski definition) is 4. The minimum Gasteiger partial charge on any atom is -0.454 e. The maximum atomic E-state index is 12.4. The number of rotatable bonds is 9. The number of halogens is 1. The lowest BCUT2D eigenvalue weighted by atomic mass is 10.2. The van der Waals surface area contributed by atoms with Crippen molar-refractivity contribution in [1.82, 2.24) is 4.72 Å². The summed E-state index contributed by atoms with van der Waals surface area (Å²) in [4.78, 5) is 23.9. The van der Waals surface area contributed by atoms with E-state index in [1.54, 1.807) is 0 Å². The minimum absolute atomic E-state index is 0.0769. The van der Waals surface area contributed by atoms with Crippen LogP contribution in [0.4, 0.5) is 5.69 Å². The average molecular weight is 506 g/mol. The quantitative estimate of drug-likeness (QED) is 0.348. The number of esters is 1. The second-order valence-corrected chi connectivity index (χ2v) is 10.2. The van der Waals surface area contributed by atoms with Gasteiger partial charge in [0.25, 0.3) is 5.91 Å². The van der Waals surface area contributed by atoms with Crippen molar-refractivity contribution in [2.75, 3.05) is 11.9 Å². The summed E-state index contributed by atoms with van der Waals surface area (Å²) in [6.07, 6.45) is -1.49. The molecule has 32 heavy (non-hydrogen) atoms. The van der Waals surface area contributed by atoms with Gasteiger partial charge in [0.05, 0.1) is 15.9 Å². The van der Waals surface area contributed by atoms with Gasteiger partial charge in [-0.3, -0.25) is 9.59 Å². The molecule has 0 aliphatic carbocycles. The van der Waals surface area contributed by atoms with Gasteiger partial charge in [0.15, 0.2) is 6.61 Å². The lowest BCUT2D eigenvalue weighted by Crippen LogP contribution is -2.48. The molecule has 1 amide bonds. The third-order valence-electron chi connectivity index (χ3n) is 3.93. The summed E-state index contributed by atoms with van der Waals surface area (Å²) in [5.41, 5.74) is 0.0769. The van der Waals surface area contributed by atoms with Gasteiger partial charge in [-0.2, -0.15) is 4.72 Å². The zero-order valence-electron chi connectivity index (χ0n) is 16.6. The lowest BCUT2D eigenvalue weighted by molar-refractivity contribution is -0.151. The van der Waals surface area contributed by atoms with Gasteiger partial charge in [0.1, 0.15) is 6.04 Å². The number of aliphatic hydroxyl groups excluding tert-OH is 1. The monoisotopic (exact) mass is 505 g/mol. The second kappa shape index (κ2) is 10.4. The van der Waals surface area contributed by atoms with Gasteiger partial charge in [-0.05, 0) is 49.4 Å². The molecule has 2 atom stereocenters. The summed E-state index contributed by atoms with van der Waals surface area (Å²) in [5, 5.41) is 17.5.